The second-order valence-corrected chi connectivity index (χ2v) is 6.07. The number of rotatable bonds is 2. The first kappa shape index (κ1) is 12.9. The van der Waals surface area contributed by atoms with E-state index >= 15 is 0 Å². The first-order valence-electron chi connectivity index (χ1n) is 6.48. The Labute approximate surface area is 110 Å². The van der Waals surface area contributed by atoms with Gasteiger partial charge in [-0.3, -0.25) is 4.90 Å². The van der Waals surface area contributed by atoms with E-state index in [9.17, 15) is 0 Å². The zero-order valence-corrected chi connectivity index (χ0v) is 11.8. The van der Waals surface area contributed by atoms with E-state index in [4.69, 9.17) is 11.6 Å². The minimum Gasteiger partial charge on any atom is -0.298 e. The molecule has 0 aromatic heterocycles. The normalized spacial score (nSPS) is 26.1. The van der Waals surface area contributed by atoms with Crippen LogP contribution in [0.4, 0.5) is 0 Å². The van der Waals surface area contributed by atoms with E-state index in [1.165, 1.54) is 29.7 Å². The van der Waals surface area contributed by atoms with E-state index in [0.717, 1.165) is 13.1 Å². The molecule has 1 aromatic rings. The summed E-state index contributed by atoms with van der Waals surface area (Å²) < 4.78 is 0. The monoisotopic (exact) mass is 251 g/mol. The van der Waals surface area contributed by atoms with Crippen molar-refractivity contribution in [3.05, 3.63) is 34.9 Å². The van der Waals surface area contributed by atoms with Crippen molar-refractivity contribution in [1.82, 2.24) is 4.90 Å². The Balaban J connectivity index is 2.01. The lowest BCUT2D eigenvalue weighted by Crippen LogP contribution is -2.39. The van der Waals surface area contributed by atoms with Crippen LogP contribution in [0.25, 0.3) is 0 Å². The quantitative estimate of drug-likeness (QED) is 0.724. The topological polar surface area (TPSA) is 3.24 Å². The van der Waals surface area contributed by atoms with Gasteiger partial charge in [0.25, 0.3) is 0 Å². The van der Waals surface area contributed by atoms with Crippen molar-refractivity contribution in [2.45, 2.75) is 39.1 Å². The Hall–Kier alpha value is -0.530. The van der Waals surface area contributed by atoms with Gasteiger partial charge in [0.1, 0.15) is 0 Å². The predicted molar refractivity (Wildman–Crippen MR) is 74.6 cm³/mol. The van der Waals surface area contributed by atoms with Crippen LogP contribution in [0.1, 0.15) is 30.0 Å². The van der Waals surface area contributed by atoms with E-state index in [1.54, 1.807) is 0 Å². The average Bonchev–Trinajstić information content (AvgIpc) is 2.22. The minimum absolute atomic E-state index is 0.314. The molecule has 1 nitrogen and oxygen atoms in total. The molecule has 0 N–H and O–H groups in total. The summed E-state index contributed by atoms with van der Waals surface area (Å²) in [4.78, 5) is 2.48. The molecule has 2 unspecified atom stereocenters. The van der Waals surface area contributed by atoms with Crippen molar-refractivity contribution in [2.24, 2.45) is 5.92 Å². The van der Waals surface area contributed by atoms with Gasteiger partial charge >= 0.3 is 0 Å². The number of alkyl halides is 1. The molecule has 1 saturated heterocycles. The number of likely N-dealkylation sites (tertiary alicyclic amines) is 1. The summed E-state index contributed by atoms with van der Waals surface area (Å²) in [6.45, 7) is 9.83. The predicted octanol–water partition coefficient (Wildman–Crippen LogP) is 3.75. The maximum Gasteiger partial charge on any atom is 0.0489 e. The SMILES string of the molecule is Cc1cc(C)cc(CN2CCC(C)C(Cl)C2)c1. The van der Waals surface area contributed by atoms with Gasteiger partial charge in [0.05, 0.1) is 0 Å². The molecule has 94 valence electrons. The second kappa shape index (κ2) is 5.41. The van der Waals surface area contributed by atoms with Gasteiger partial charge in [-0.2, -0.15) is 0 Å². The zero-order valence-electron chi connectivity index (χ0n) is 11.0. The molecule has 0 bridgehead atoms. The van der Waals surface area contributed by atoms with Gasteiger partial charge < -0.3 is 0 Å². The van der Waals surface area contributed by atoms with Gasteiger partial charge in [-0.1, -0.05) is 36.2 Å². The fourth-order valence-electron chi connectivity index (χ4n) is 2.65. The lowest BCUT2D eigenvalue weighted by Gasteiger charge is -2.34. The minimum atomic E-state index is 0.314. The number of aryl methyl sites for hydroxylation is 2. The van der Waals surface area contributed by atoms with Crippen molar-refractivity contribution in [3.8, 4) is 0 Å². The molecular weight excluding hydrogens is 230 g/mol. The van der Waals surface area contributed by atoms with Crippen molar-refractivity contribution >= 4 is 11.6 Å². The largest absolute Gasteiger partial charge is 0.298 e. The van der Waals surface area contributed by atoms with Crippen LogP contribution in [0.3, 0.4) is 0 Å². The van der Waals surface area contributed by atoms with Crippen molar-refractivity contribution < 1.29 is 0 Å². The Morgan fingerprint density at radius 2 is 1.88 bits per heavy atom. The van der Waals surface area contributed by atoms with Crippen molar-refractivity contribution in [2.75, 3.05) is 13.1 Å². The number of hydrogen-bond donors (Lipinski definition) is 0. The van der Waals surface area contributed by atoms with Crippen LogP contribution in [0.5, 0.6) is 0 Å². The molecule has 0 spiro atoms. The van der Waals surface area contributed by atoms with Crippen LogP contribution in [-0.2, 0) is 6.54 Å². The fourth-order valence-corrected chi connectivity index (χ4v) is 2.97. The molecule has 1 aliphatic heterocycles. The van der Waals surface area contributed by atoms with Crippen LogP contribution < -0.4 is 0 Å². The standard InChI is InChI=1S/C15H22ClN/c1-11-6-12(2)8-14(7-11)9-17-5-4-13(3)15(16)10-17/h6-8,13,15H,4-5,9-10H2,1-3H3. The molecule has 2 heteroatoms. The number of hydrogen-bond acceptors (Lipinski definition) is 1. The smallest absolute Gasteiger partial charge is 0.0489 e. The summed E-state index contributed by atoms with van der Waals surface area (Å²) in [6, 6.07) is 6.80. The summed E-state index contributed by atoms with van der Waals surface area (Å²) >= 11 is 6.35. The number of benzene rings is 1. The van der Waals surface area contributed by atoms with Crippen molar-refractivity contribution in [3.63, 3.8) is 0 Å². The van der Waals surface area contributed by atoms with E-state index in [2.05, 4.69) is 43.9 Å². The molecule has 0 amide bonds. The third-order valence-electron chi connectivity index (χ3n) is 3.64. The Morgan fingerprint density at radius 1 is 1.24 bits per heavy atom. The van der Waals surface area contributed by atoms with Gasteiger partial charge in [-0.25, -0.2) is 0 Å². The highest BCUT2D eigenvalue weighted by Gasteiger charge is 2.24. The molecule has 0 radical (unpaired) electrons. The third kappa shape index (κ3) is 3.46. The molecule has 2 atom stereocenters. The van der Waals surface area contributed by atoms with Crippen LogP contribution in [0, 0.1) is 19.8 Å². The lowest BCUT2D eigenvalue weighted by molar-refractivity contribution is 0.189. The second-order valence-electron chi connectivity index (χ2n) is 5.51. The number of nitrogens with zero attached hydrogens (tertiary/aromatic N) is 1. The average molecular weight is 252 g/mol. The first-order valence-corrected chi connectivity index (χ1v) is 6.92. The summed E-state index contributed by atoms with van der Waals surface area (Å²) in [7, 11) is 0. The Bertz CT molecular complexity index is 368. The highest BCUT2D eigenvalue weighted by Crippen LogP contribution is 2.23. The van der Waals surface area contributed by atoms with Gasteiger partial charge in [0.2, 0.25) is 0 Å². The third-order valence-corrected chi connectivity index (χ3v) is 4.21. The maximum atomic E-state index is 6.35. The summed E-state index contributed by atoms with van der Waals surface area (Å²) in [6.07, 6.45) is 1.22. The van der Waals surface area contributed by atoms with Crippen LogP contribution >= 0.6 is 11.6 Å². The Morgan fingerprint density at radius 3 is 2.47 bits per heavy atom. The molecule has 1 aliphatic rings. The van der Waals surface area contributed by atoms with Gasteiger partial charge in [0, 0.05) is 18.5 Å². The van der Waals surface area contributed by atoms with Crippen molar-refractivity contribution in [1.29, 1.82) is 0 Å². The van der Waals surface area contributed by atoms with Crippen LogP contribution in [-0.4, -0.2) is 23.4 Å². The molecular formula is C15H22ClN. The molecule has 0 aliphatic carbocycles. The summed E-state index contributed by atoms with van der Waals surface area (Å²) in [5, 5.41) is 0.314. The first-order chi connectivity index (χ1) is 8.04. The lowest BCUT2D eigenvalue weighted by atomic mass is 9.98. The van der Waals surface area contributed by atoms with E-state index < -0.39 is 0 Å². The van der Waals surface area contributed by atoms with Gasteiger partial charge in [-0.15, -0.1) is 11.6 Å². The molecule has 1 heterocycles. The van der Waals surface area contributed by atoms with E-state index in [-0.39, 0.29) is 0 Å². The summed E-state index contributed by atoms with van der Waals surface area (Å²) in [5.41, 5.74) is 4.13. The molecule has 1 fully saturated rings. The highest BCUT2D eigenvalue weighted by molar-refractivity contribution is 6.21. The fraction of sp³-hybridized carbons (Fsp3) is 0.600. The summed E-state index contributed by atoms with van der Waals surface area (Å²) in [5.74, 6) is 0.659. The van der Waals surface area contributed by atoms with Crippen LogP contribution in [0.15, 0.2) is 18.2 Å². The van der Waals surface area contributed by atoms with Crippen LogP contribution in [0.2, 0.25) is 0 Å². The molecule has 2 rings (SSSR count). The molecule has 0 saturated carbocycles. The number of halogens is 1. The Kier molecular flexibility index (Phi) is 4.11. The zero-order chi connectivity index (χ0) is 12.4. The van der Waals surface area contributed by atoms with E-state index in [1.807, 2.05) is 0 Å². The van der Waals surface area contributed by atoms with Gasteiger partial charge in [0.15, 0.2) is 0 Å². The number of piperidine rings is 1. The highest BCUT2D eigenvalue weighted by atomic mass is 35.5. The van der Waals surface area contributed by atoms with Gasteiger partial charge in [-0.05, 0) is 38.3 Å². The molecule has 17 heavy (non-hydrogen) atoms. The van der Waals surface area contributed by atoms with E-state index in [0.29, 0.717) is 11.3 Å². The molecule has 1 aromatic carbocycles. The maximum absolute atomic E-state index is 6.35.